The molecular formula is C25H23N7O4S3. The summed E-state index contributed by atoms with van der Waals surface area (Å²) in [7, 11) is -3.45. The van der Waals surface area contributed by atoms with E-state index in [-0.39, 0.29) is 15.9 Å². The molecule has 1 aliphatic rings. The zero-order valence-corrected chi connectivity index (χ0v) is 23.1. The number of rotatable bonds is 7. The summed E-state index contributed by atoms with van der Waals surface area (Å²) in [5, 5.41) is 9.58. The number of aromatic nitrogens is 5. The number of ether oxygens (including phenoxy) is 1. The first-order valence-corrected chi connectivity index (χ1v) is 15.7. The first-order valence-electron chi connectivity index (χ1n) is 12.1. The van der Waals surface area contributed by atoms with Crippen molar-refractivity contribution < 1.29 is 13.2 Å². The molecule has 0 saturated carbocycles. The Bertz CT molecular complexity index is 1790. The third kappa shape index (κ3) is 5.41. The minimum Gasteiger partial charge on any atom is -0.490 e. The lowest BCUT2D eigenvalue weighted by Gasteiger charge is -2.23. The molecule has 0 atom stereocenters. The van der Waals surface area contributed by atoms with E-state index in [1.807, 2.05) is 24.3 Å². The van der Waals surface area contributed by atoms with Gasteiger partial charge in [0.2, 0.25) is 5.95 Å². The van der Waals surface area contributed by atoms with Gasteiger partial charge in [0, 0.05) is 35.1 Å². The molecule has 4 aromatic heterocycles. The maximum atomic E-state index is 13.7. The predicted molar refractivity (Wildman–Crippen MR) is 151 cm³/mol. The minimum absolute atomic E-state index is 0.0840. The van der Waals surface area contributed by atoms with Gasteiger partial charge in [-0.05, 0) is 56.3 Å². The molecule has 2 N–H and O–H groups in total. The van der Waals surface area contributed by atoms with Crippen LogP contribution in [0.1, 0.15) is 12.8 Å². The highest BCUT2D eigenvalue weighted by Gasteiger charge is 2.20. The second kappa shape index (κ2) is 10.4. The predicted octanol–water partition coefficient (Wildman–Crippen LogP) is 3.64. The van der Waals surface area contributed by atoms with Gasteiger partial charge in [-0.15, -0.1) is 22.7 Å². The van der Waals surface area contributed by atoms with Gasteiger partial charge >= 0.3 is 0 Å². The number of piperidine rings is 1. The third-order valence-corrected chi connectivity index (χ3v) is 9.71. The van der Waals surface area contributed by atoms with Gasteiger partial charge < -0.3 is 15.4 Å². The third-order valence-electron chi connectivity index (χ3n) is 6.13. The Labute approximate surface area is 231 Å². The van der Waals surface area contributed by atoms with Gasteiger partial charge in [0.1, 0.15) is 21.1 Å². The lowest BCUT2D eigenvalue weighted by molar-refractivity contribution is 0.162. The van der Waals surface area contributed by atoms with E-state index in [0.717, 1.165) is 55.0 Å². The number of pyridine rings is 1. The molecular weight excluding hydrogens is 559 g/mol. The molecule has 0 spiro atoms. The normalized spacial score (nSPS) is 14.5. The summed E-state index contributed by atoms with van der Waals surface area (Å²) in [6.07, 6.45) is 7.75. The van der Waals surface area contributed by atoms with Crippen molar-refractivity contribution in [1.29, 1.82) is 0 Å². The Morgan fingerprint density at radius 3 is 2.59 bits per heavy atom. The molecule has 0 bridgehead atoms. The van der Waals surface area contributed by atoms with Crippen LogP contribution in [-0.4, -0.2) is 58.4 Å². The average molecular weight is 582 g/mol. The highest BCUT2D eigenvalue weighted by atomic mass is 32.2. The van der Waals surface area contributed by atoms with Gasteiger partial charge in [0.05, 0.1) is 11.8 Å². The van der Waals surface area contributed by atoms with E-state index in [2.05, 4.69) is 30.6 Å². The topological polar surface area (TPSA) is 141 Å². The fourth-order valence-corrected chi connectivity index (χ4v) is 6.61. The van der Waals surface area contributed by atoms with E-state index in [1.165, 1.54) is 22.1 Å². The SMILES string of the molecule is CS(=O)(=O)c1cnc(-c2cc3cnc(Nc4ccc(OC5CCNCC5)cc4)nc3n(-c3nccs3)c2=O)s1. The van der Waals surface area contributed by atoms with Crippen LogP contribution in [0.3, 0.4) is 0 Å². The highest BCUT2D eigenvalue weighted by Crippen LogP contribution is 2.29. The second-order valence-corrected chi connectivity index (χ2v) is 13.1. The number of nitrogens with one attached hydrogen (secondary N) is 2. The van der Waals surface area contributed by atoms with Gasteiger partial charge in [-0.1, -0.05) is 0 Å². The number of nitrogens with zero attached hydrogens (tertiary/aromatic N) is 5. The van der Waals surface area contributed by atoms with Crippen molar-refractivity contribution in [2.24, 2.45) is 0 Å². The molecule has 200 valence electrons. The van der Waals surface area contributed by atoms with Crippen molar-refractivity contribution in [3.63, 3.8) is 0 Å². The van der Waals surface area contributed by atoms with Gasteiger partial charge in [-0.3, -0.25) is 4.79 Å². The van der Waals surface area contributed by atoms with Crippen molar-refractivity contribution >= 4 is 55.2 Å². The first-order chi connectivity index (χ1) is 18.8. The lowest BCUT2D eigenvalue weighted by atomic mass is 10.1. The van der Waals surface area contributed by atoms with Crippen LogP contribution in [0, 0.1) is 0 Å². The van der Waals surface area contributed by atoms with E-state index in [0.29, 0.717) is 27.1 Å². The molecule has 6 rings (SSSR count). The maximum absolute atomic E-state index is 13.7. The summed E-state index contributed by atoms with van der Waals surface area (Å²) < 4.78 is 31.5. The van der Waals surface area contributed by atoms with E-state index < -0.39 is 15.4 Å². The Morgan fingerprint density at radius 1 is 1.10 bits per heavy atom. The first kappa shape index (κ1) is 25.6. The van der Waals surface area contributed by atoms with Crippen LogP contribution in [0.5, 0.6) is 5.75 Å². The zero-order valence-electron chi connectivity index (χ0n) is 20.7. The van der Waals surface area contributed by atoms with Crippen molar-refractivity contribution in [3.8, 4) is 21.5 Å². The van der Waals surface area contributed by atoms with Gasteiger partial charge in [0.15, 0.2) is 20.6 Å². The largest absolute Gasteiger partial charge is 0.490 e. The Morgan fingerprint density at radius 2 is 1.90 bits per heavy atom. The van der Waals surface area contributed by atoms with Gasteiger partial charge in [0.25, 0.3) is 5.56 Å². The molecule has 5 heterocycles. The summed E-state index contributed by atoms with van der Waals surface area (Å²) >= 11 is 2.23. The molecule has 1 aliphatic heterocycles. The van der Waals surface area contributed by atoms with E-state index >= 15 is 0 Å². The summed E-state index contributed by atoms with van der Waals surface area (Å²) in [5.41, 5.74) is 0.965. The van der Waals surface area contributed by atoms with E-state index in [4.69, 9.17) is 4.74 Å². The van der Waals surface area contributed by atoms with Crippen molar-refractivity contribution in [2.45, 2.75) is 23.2 Å². The fourth-order valence-electron chi connectivity index (χ4n) is 4.22. The Hall–Kier alpha value is -3.72. The lowest BCUT2D eigenvalue weighted by Crippen LogP contribution is -2.34. The van der Waals surface area contributed by atoms with Gasteiger partial charge in [-0.2, -0.15) is 4.98 Å². The Kier molecular flexibility index (Phi) is 6.85. The van der Waals surface area contributed by atoms with Crippen LogP contribution in [0.25, 0.3) is 26.7 Å². The molecule has 11 nitrogen and oxygen atoms in total. The summed E-state index contributed by atoms with van der Waals surface area (Å²) in [4.78, 5) is 31.3. The van der Waals surface area contributed by atoms with Crippen LogP contribution in [-0.2, 0) is 9.84 Å². The van der Waals surface area contributed by atoms with Crippen LogP contribution >= 0.6 is 22.7 Å². The summed E-state index contributed by atoms with van der Waals surface area (Å²) in [6.45, 7) is 1.92. The second-order valence-electron chi connectivity index (χ2n) is 8.96. The van der Waals surface area contributed by atoms with Crippen LogP contribution in [0.4, 0.5) is 11.6 Å². The number of thiazole rings is 2. The standard InChI is InChI=1S/C25H23N7O4S3/c1-39(34,35)20-14-28-22(38-20)19-12-15-13-29-24(31-21(15)32(23(19)33)25-27-10-11-37-25)30-16-2-4-17(5-3-16)36-18-6-8-26-9-7-18/h2-5,10-14,18,26H,6-9H2,1H3,(H,29,30,31). The molecule has 0 radical (unpaired) electrons. The van der Waals surface area contributed by atoms with Crippen LogP contribution in [0.2, 0.25) is 0 Å². The van der Waals surface area contributed by atoms with Crippen molar-refractivity contribution in [1.82, 2.24) is 29.8 Å². The van der Waals surface area contributed by atoms with E-state index in [9.17, 15) is 13.2 Å². The number of fused-ring (bicyclic) bond motifs is 1. The molecule has 14 heteroatoms. The fraction of sp³-hybridized carbons (Fsp3) is 0.240. The Balaban J connectivity index is 1.34. The molecule has 0 aliphatic carbocycles. The molecule has 0 amide bonds. The number of hydrogen-bond acceptors (Lipinski definition) is 12. The molecule has 1 aromatic carbocycles. The number of anilines is 2. The maximum Gasteiger partial charge on any atom is 0.268 e. The molecule has 0 unspecified atom stereocenters. The molecule has 5 aromatic rings. The van der Waals surface area contributed by atoms with Gasteiger partial charge in [-0.25, -0.2) is 27.9 Å². The average Bonchev–Trinajstić information content (AvgIpc) is 3.63. The van der Waals surface area contributed by atoms with Crippen molar-refractivity contribution in [3.05, 3.63) is 64.7 Å². The molecule has 39 heavy (non-hydrogen) atoms. The molecule has 1 fully saturated rings. The van der Waals surface area contributed by atoms with Crippen LogP contribution < -0.4 is 20.9 Å². The monoisotopic (exact) mass is 581 g/mol. The number of hydrogen-bond donors (Lipinski definition) is 2. The smallest absolute Gasteiger partial charge is 0.268 e. The van der Waals surface area contributed by atoms with Crippen molar-refractivity contribution in [2.75, 3.05) is 24.7 Å². The molecule has 1 saturated heterocycles. The number of sulfone groups is 1. The van der Waals surface area contributed by atoms with E-state index in [1.54, 1.807) is 23.8 Å². The minimum atomic E-state index is -3.45. The summed E-state index contributed by atoms with van der Waals surface area (Å²) in [5.74, 6) is 1.11. The summed E-state index contributed by atoms with van der Waals surface area (Å²) in [6, 6.07) is 9.22. The van der Waals surface area contributed by atoms with Crippen LogP contribution in [0.15, 0.2) is 63.3 Å². The quantitative estimate of drug-likeness (QED) is 0.293. The number of benzene rings is 1. The zero-order chi connectivity index (χ0) is 27.0. The highest BCUT2D eigenvalue weighted by molar-refractivity contribution is 7.92.